The van der Waals surface area contributed by atoms with Gasteiger partial charge in [-0.05, 0) is 41.7 Å². The highest BCUT2D eigenvalue weighted by molar-refractivity contribution is 5.78. The Morgan fingerprint density at radius 1 is 1.05 bits per heavy atom. The lowest BCUT2D eigenvalue weighted by Crippen LogP contribution is -2.25. The van der Waals surface area contributed by atoms with Crippen LogP contribution in [0.3, 0.4) is 0 Å². The molecule has 1 amide bonds. The van der Waals surface area contributed by atoms with Crippen LogP contribution in [0.1, 0.15) is 27.8 Å². The third-order valence-corrected chi connectivity index (χ3v) is 3.75. The molecule has 3 nitrogen and oxygen atoms in total. The summed E-state index contributed by atoms with van der Waals surface area (Å²) in [7, 11) is 0. The molecule has 0 bridgehead atoms. The van der Waals surface area contributed by atoms with Gasteiger partial charge in [-0.25, -0.2) is 0 Å². The third-order valence-electron chi connectivity index (χ3n) is 3.75. The number of nitrogens with two attached hydrogens (primary N) is 1. The van der Waals surface area contributed by atoms with Gasteiger partial charge in [-0.1, -0.05) is 42.5 Å². The standard InChI is InChI=1S/C18H22N2O/c1-13-7-8-15(9-14(13)2)10-18(21)20-12-17-6-4-3-5-16(17)11-19/h3-9H,10-12,19H2,1-2H3,(H,20,21). The molecular formula is C18H22N2O. The molecule has 2 aromatic rings. The van der Waals surface area contributed by atoms with Gasteiger partial charge in [-0.15, -0.1) is 0 Å². The van der Waals surface area contributed by atoms with Crippen molar-refractivity contribution in [3.05, 3.63) is 70.3 Å². The molecule has 21 heavy (non-hydrogen) atoms. The Balaban J connectivity index is 1.94. The molecule has 3 N–H and O–H groups in total. The van der Waals surface area contributed by atoms with Crippen molar-refractivity contribution in [2.75, 3.05) is 0 Å². The van der Waals surface area contributed by atoms with E-state index in [1.165, 1.54) is 11.1 Å². The Hall–Kier alpha value is -2.13. The fraction of sp³-hybridized carbons (Fsp3) is 0.278. The van der Waals surface area contributed by atoms with Crippen molar-refractivity contribution < 1.29 is 4.79 Å². The number of rotatable bonds is 5. The molecule has 2 aromatic carbocycles. The molecule has 0 aliphatic carbocycles. The number of hydrogen-bond acceptors (Lipinski definition) is 2. The maximum absolute atomic E-state index is 12.0. The molecule has 0 unspecified atom stereocenters. The van der Waals surface area contributed by atoms with Gasteiger partial charge in [-0.2, -0.15) is 0 Å². The summed E-state index contributed by atoms with van der Waals surface area (Å²) >= 11 is 0. The van der Waals surface area contributed by atoms with Crippen molar-refractivity contribution in [2.45, 2.75) is 33.4 Å². The Morgan fingerprint density at radius 3 is 2.43 bits per heavy atom. The van der Waals surface area contributed by atoms with Gasteiger partial charge in [0.1, 0.15) is 0 Å². The first-order chi connectivity index (χ1) is 10.1. The average Bonchev–Trinajstić information content (AvgIpc) is 2.49. The van der Waals surface area contributed by atoms with Crippen LogP contribution in [0.2, 0.25) is 0 Å². The van der Waals surface area contributed by atoms with Crippen LogP contribution in [-0.4, -0.2) is 5.91 Å². The predicted molar refractivity (Wildman–Crippen MR) is 85.8 cm³/mol. The zero-order valence-electron chi connectivity index (χ0n) is 12.6. The van der Waals surface area contributed by atoms with Crippen LogP contribution in [0.25, 0.3) is 0 Å². The van der Waals surface area contributed by atoms with Crippen molar-refractivity contribution in [1.82, 2.24) is 5.32 Å². The molecule has 3 heteroatoms. The van der Waals surface area contributed by atoms with Crippen LogP contribution in [0.5, 0.6) is 0 Å². The van der Waals surface area contributed by atoms with Gasteiger partial charge in [0.15, 0.2) is 0 Å². The number of carbonyl (C=O) groups excluding carboxylic acids is 1. The molecule has 0 atom stereocenters. The summed E-state index contributed by atoms with van der Waals surface area (Å²) in [6.07, 6.45) is 0.409. The van der Waals surface area contributed by atoms with Gasteiger partial charge in [0.2, 0.25) is 5.91 Å². The minimum absolute atomic E-state index is 0.0325. The summed E-state index contributed by atoms with van der Waals surface area (Å²) in [5.74, 6) is 0.0325. The van der Waals surface area contributed by atoms with Gasteiger partial charge in [0.05, 0.1) is 6.42 Å². The van der Waals surface area contributed by atoms with Crippen LogP contribution in [0.4, 0.5) is 0 Å². The fourth-order valence-corrected chi connectivity index (χ4v) is 2.28. The SMILES string of the molecule is Cc1ccc(CC(=O)NCc2ccccc2CN)cc1C. The summed E-state index contributed by atoms with van der Waals surface area (Å²) < 4.78 is 0. The molecule has 110 valence electrons. The van der Waals surface area contributed by atoms with E-state index in [1.54, 1.807) is 0 Å². The van der Waals surface area contributed by atoms with Crippen LogP contribution in [0.15, 0.2) is 42.5 Å². The second-order valence-corrected chi connectivity index (χ2v) is 5.34. The van der Waals surface area contributed by atoms with Crippen molar-refractivity contribution in [2.24, 2.45) is 5.73 Å². The van der Waals surface area contributed by atoms with Crippen molar-refractivity contribution in [1.29, 1.82) is 0 Å². The number of amides is 1. The van der Waals surface area contributed by atoms with Crippen LogP contribution in [0, 0.1) is 13.8 Å². The third kappa shape index (κ3) is 4.17. The number of nitrogens with one attached hydrogen (secondary N) is 1. The highest BCUT2D eigenvalue weighted by atomic mass is 16.1. The molecule has 0 saturated carbocycles. The Morgan fingerprint density at radius 2 is 1.76 bits per heavy atom. The van der Waals surface area contributed by atoms with E-state index in [4.69, 9.17) is 5.73 Å². The summed E-state index contributed by atoms with van der Waals surface area (Å²) in [4.78, 5) is 12.0. The van der Waals surface area contributed by atoms with Crippen LogP contribution < -0.4 is 11.1 Å². The summed E-state index contributed by atoms with van der Waals surface area (Å²) in [6.45, 7) is 5.15. The first kappa shape index (κ1) is 15.3. The highest BCUT2D eigenvalue weighted by Gasteiger charge is 2.06. The smallest absolute Gasteiger partial charge is 0.224 e. The van der Waals surface area contributed by atoms with E-state index in [0.29, 0.717) is 19.5 Å². The lowest BCUT2D eigenvalue weighted by Gasteiger charge is -2.10. The van der Waals surface area contributed by atoms with E-state index >= 15 is 0 Å². The van der Waals surface area contributed by atoms with E-state index in [0.717, 1.165) is 16.7 Å². The number of carbonyl (C=O) groups is 1. The zero-order chi connectivity index (χ0) is 15.2. The minimum atomic E-state index is 0.0325. The Kier molecular flexibility index (Phi) is 5.12. The minimum Gasteiger partial charge on any atom is -0.352 e. The van der Waals surface area contributed by atoms with E-state index in [-0.39, 0.29) is 5.91 Å². The molecular weight excluding hydrogens is 260 g/mol. The Bertz CT molecular complexity index is 635. The highest BCUT2D eigenvalue weighted by Crippen LogP contribution is 2.11. The molecule has 0 saturated heterocycles. The van der Waals surface area contributed by atoms with Gasteiger partial charge in [-0.3, -0.25) is 4.79 Å². The molecule has 0 aliphatic heterocycles. The molecule has 2 rings (SSSR count). The van der Waals surface area contributed by atoms with Crippen molar-refractivity contribution in [3.8, 4) is 0 Å². The normalized spacial score (nSPS) is 10.4. The van der Waals surface area contributed by atoms with E-state index in [2.05, 4.69) is 31.3 Å². The number of hydrogen-bond donors (Lipinski definition) is 2. The molecule has 0 aliphatic rings. The van der Waals surface area contributed by atoms with Gasteiger partial charge < -0.3 is 11.1 Å². The van der Waals surface area contributed by atoms with Crippen molar-refractivity contribution >= 4 is 5.91 Å². The summed E-state index contributed by atoms with van der Waals surface area (Å²) in [5, 5.41) is 2.96. The lowest BCUT2D eigenvalue weighted by molar-refractivity contribution is -0.120. The van der Waals surface area contributed by atoms with Gasteiger partial charge >= 0.3 is 0 Å². The molecule has 0 fully saturated rings. The maximum atomic E-state index is 12.0. The van der Waals surface area contributed by atoms with Crippen LogP contribution in [-0.2, 0) is 24.3 Å². The van der Waals surface area contributed by atoms with Crippen LogP contribution >= 0.6 is 0 Å². The van der Waals surface area contributed by atoms with E-state index in [9.17, 15) is 4.79 Å². The van der Waals surface area contributed by atoms with E-state index in [1.807, 2.05) is 30.3 Å². The average molecular weight is 282 g/mol. The lowest BCUT2D eigenvalue weighted by atomic mass is 10.0. The largest absolute Gasteiger partial charge is 0.352 e. The molecule has 0 aromatic heterocycles. The second-order valence-electron chi connectivity index (χ2n) is 5.34. The van der Waals surface area contributed by atoms with Gasteiger partial charge in [0.25, 0.3) is 0 Å². The maximum Gasteiger partial charge on any atom is 0.224 e. The fourth-order valence-electron chi connectivity index (χ4n) is 2.28. The second kappa shape index (κ2) is 7.04. The molecule has 0 spiro atoms. The van der Waals surface area contributed by atoms with E-state index < -0.39 is 0 Å². The molecule has 0 radical (unpaired) electrons. The quantitative estimate of drug-likeness (QED) is 0.885. The monoisotopic (exact) mass is 282 g/mol. The Labute approximate surface area is 126 Å². The first-order valence-corrected chi connectivity index (χ1v) is 7.20. The van der Waals surface area contributed by atoms with Gasteiger partial charge in [0, 0.05) is 13.1 Å². The molecule has 0 heterocycles. The zero-order valence-corrected chi connectivity index (χ0v) is 12.6. The number of benzene rings is 2. The number of aryl methyl sites for hydroxylation is 2. The van der Waals surface area contributed by atoms with Crippen molar-refractivity contribution in [3.63, 3.8) is 0 Å². The topological polar surface area (TPSA) is 55.1 Å². The first-order valence-electron chi connectivity index (χ1n) is 7.20. The summed E-state index contributed by atoms with van der Waals surface area (Å²) in [6, 6.07) is 14.1. The summed E-state index contributed by atoms with van der Waals surface area (Å²) in [5.41, 5.74) is 11.4. The predicted octanol–water partition coefficient (Wildman–Crippen LogP) is 2.62.